The van der Waals surface area contributed by atoms with Crippen LogP contribution in [-0.2, 0) is 4.74 Å². The number of carbonyl (C=O) groups excluding carboxylic acids is 1. The molecule has 0 aliphatic carbocycles. The summed E-state index contributed by atoms with van der Waals surface area (Å²) in [5, 5.41) is 0.329. The number of rotatable bonds is 1. The summed E-state index contributed by atoms with van der Waals surface area (Å²) < 4.78 is 5.99. The molecule has 2 aromatic rings. The van der Waals surface area contributed by atoms with E-state index in [1.165, 1.54) is 17.7 Å². The predicted molar refractivity (Wildman–Crippen MR) is 54.3 cm³/mol. The molecular weight excluding hydrogens is 241 g/mol. The van der Waals surface area contributed by atoms with E-state index in [2.05, 4.69) is 14.7 Å². The van der Waals surface area contributed by atoms with Gasteiger partial charge in [-0.15, -0.1) is 0 Å². The number of carbonyl (C=O) groups is 1. The highest BCUT2D eigenvalue weighted by atomic mass is 35.5. The van der Waals surface area contributed by atoms with Crippen LogP contribution in [0.5, 0.6) is 0 Å². The summed E-state index contributed by atoms with van der Waals surface area (Å²) >= 11 is 11.7. The van der Waals surface area contributed by atoms with E-state index in [-0.39, 0.29) is 16.0 Å². The van der Waals surface area contributed by atoms with Gasteiger partial charge in [0.25, 0.3) is 0 Å². The Kier molecular flexibility index (Phi) is 2.50. The molecule has 2 rings (SSSR count). The molecule has 0 N–H and O–H groups in total. The number of methoxy groups -OCH3 is 1. The highest BCUT2D eigenvalue weighted by molar-refractivity contribution is 6.34. The molecule has 15 heavy (non-hydrogen) atoms. The van der Waals surface area contributed by atoms with Gasteiger partial charge in [-0.3, -0.25) is 4.40 Å². The van der Waals surface area contributed by atoms with Crippen LogP contribution in [0.15, 0.2) is 12.4 Å². The highest BCUT2D eigenvalue weighted by Crippen LogP contribution is 2.22. The lowest BCUT2D eigenvalue weighted by atomic mass is 10.5. The molecule has 0 spiro atoms. The predicted octanol–water partition coefficient (Wildman–Crippen LogP) is 1.82. The third kappa shape index (κ3) is 1.53. The molecule has 0 bridgehead atoms. The van der Waals surface area contributed by atoms with Crippen molar-refractivity contribution in [3.63, 3.8) is 0 Å². The highest BCUT2D eigenvalue weighted by Gasteiger charge is 2.19. The summed E-state index contributed by atoms with van der Waals surface area (Å²) in [6.07, 6.45) is 3.02. The first kappa shape index (κ1) is 10.2. The van der Waals surface area contributed by atoms with E-state index in [4.69, 9.17) is 23.2 Å². The number of esters is 1. The van der Waals surface area contributed by atoms with Gasteiger partial charge in [0.05, 0.1) is 7.11 Å². The van der Waals surface area contributed by atoms with Crippen LogP contribution in [0.4, 0.5) is 0 Å². The maximum Gasteiger partial charge on any atom is 0.359 e. The molecule has 0 saturated carbocycles. The number of halogens is 2. The molecule has 7 heteroatoms. The average Bonchev–Trinajstić information content (AvgIpc) is 2.57. The second-order valence-corrected chi connectivity index (χ2v) is 3.37. The fourth-order valence-corrected chi connectivity index (χ4v) is 1.59. The maximum atomic E-state index is 11.3. The van der Waals surface area contributed by atoms with Crippen LogP contribution < -0.4 is 0 Å². The van der Waals surface area contributed by atoms with E-state index in [0.717, 1.165) is 0 Å². The van der Waals surface area contributed by atoms with E-state index < -0.39 is 5.97 Å². The number of hydrogen-bond donors (Lipinski definition) is 0. The third-order valence-electron chi connectivity index (χ3n) is 1.82. The zero-order chi connectivity index (χ0) is 11.0. The lowest BCUT2D eigenvalue weighted by Gasteiger charge is -1.94. The SMILES string of the molecule is COC(=O)c1nc2c(Cl)nccn2c1Cl. The van der Waals surface area contributed by atoms with Gasteiger partial charge in [0.2, 0.25) is 0 Å². The number of nitrogens with zero attached hydrogens (tertiary/aromatic N) is 3. The minimum atomic E-state index is -0.611. The normalized spacial score (nSPS) is 10.6. The number of ether oxygens (including phenoxy) is 1. The van der Waals surface area contributed by atoms with E-state index in [1.807, 2.05) is 0 Å². The molecule has 78 valence electrons. The largest absolute Gasteiger partial charge is 0.464 e. The van der Waals surface area contributed by atoms with Gasteiger partial charge in [0.15, 0.2) is 16.5 Å². The van der Waals surface area contributed by atoms with Gasteiger partial charge in [-0.2, -0.15) is 0 Å². The van der Waals surface area contributed by atoms with Crippen LogP contribution in [0.25, 0.3) is 5.65 Å². The molecule has 0 aliphatic heterocycles. The van der Waals surface area contributed by atoms with Crippen molar-refractivity contribution in [1.29, 1.82) is 0 Å². The van der Waals surface area contributed by atoms with Gasteiger partial charge in [-0.1, -0.05) is 23.2 Å². The Hall–Kier alpha value is -1.33. The molecule has 2 aromatic heterocycles. The minimum Gasteiger partial charge on any atom is -0.464 e. The van der Waals surface area contributed by atoms with Gasteiger partial charge in [0, 0.05) is 12.4 Å². The van der Waals surface area contributed by atoms with E-state index in [9.17, 15) is 4.79 Å². The summed E-state index contributed by atoms with van der Waals surface area (Å²) in [4.78, 5) is 19.0. The first-order valence-electron chi connectivity index (χ1n) is 3.91. The van der Waals surface area contributed by atoms with Crippen molar-refractivity contribution in [1.82, 2.24) is 14.4 Å². The fourth-order valence-electron chi connectivity index (χ4n) is 1.14. The molecular formula is C8H5Cl2N3O2. The van der Waals surface area contributed by atoms with Crippen molar-refractivity contribution >= 4 is 34.8 Å². The Bertz CT molecular complexity index is 538. The molecule has 0 saturated heterocycles. The maximum absolute atomic E-state index is 11.3. The van der Waals surface area contributed by atoms with Crippen molar-refractivity contribution in [2.75, 3.05) is 7.11 Å². The third-order valence-corrected chi connectivity index (χ3v) is 2.45. The summed E-state index contributed by atoms with van der Waals surface area (Å²) in [6.45, 7) is 0. The molecule has 0 radical (unpaired) electrons. The minimum absolute atomic E-state index is 0.0223. The lowest BCUT2D eigenvalue weighted by molar-refractivity contribution is 0.0595. The number of fused-ring (bicyclic) bond motifs is 1. The monoisotopic (exact) mass is 245 g/mol. The molecule has 0 fully saturated rings. The average molecular weight is 246 g/mol. The molecule has 0 amide bonds. The summed E-state index contributed by atoms with van der Waals surface area (Å²) in [5.74, 6) is -0.611. The van der Waals surface area contributed by atoms with Gasteiger partial charge < -0.3 is 4.74 Å². The summed E-state index contributed by atoms with van der Waals surface area (Å²) in [5.41, 5.74) is 0.346. The van der Waals surface area contributed by atoms with Gasteiger partial charge in [0.1, 0.15) is 5.15 Å². The molecule has 0 aliphatic rings. The van der Waals surface area contributed by atoms with Gasteiger partial charge in [-0.05, 0) is 0 Å². The second kappa shape index (κ2) is 3.67. The Morgan fingerprint density at radius 2 is 2.27 bits per heavy atom. The van der Waals surface area contributed by atoms with Crippen molar-refractivity contribution in [2.45, 2.75) is 0 Å². The number of hydrogen-bond acceptors (Lipinski definition) is 4. The van der Waals surface area contributed by atoms with Crippen LogP contribution >= 0.6 is 23.2 Å². The molecule has 5 nitrogen and oxygen atoms in total. The van der Waals surface area contributed by atoms with Crippen LogP contribution in [0, 0.1) is 0 Å². The Morgan fingerprint density at radius 1 is 1.53 bits per heavy atom. The van der Waals surface area contributed by atoms with Crippen molar-refractivity contribution < 1.29 is 9.53 Å². The Balaban J connectivity index is 2.75. The van der Waals surface area contributed by atoms with Crippen LogP contribution in [0.1, 0.15) is 10.5 Å². The first-order valence-corrected chi connectivity index (χ1v) is 4.67. The van der Waals surface area contributed by atoms with Gasteiger partial charge >= 0.3 is 5.97 Å². The Morgan fingerprint density at radius 3 is 2.87 bits per heavy atom. The van der Waals surface area contributed by atoms with E-state index in [1.54, 1.807) is 6.20 Å². The topological polar surface area (TPSA) is 56.5 Å². The van der Waals surface area contributed by atoms with Crippen molar-refractivity contribution in [3.8, 4) is 0 Å². The molecule has 0 aromatic carbocycles. The van der Waals surface area contributed by atoms with E-state index >= 15 is 0 Å². The summed E-state index contributed by atoms with van der Waals surface area (Å²) in [6, 6.07) is 0. The van der Waals surface area contributed by atoms with Crippen LogP contribution in [0.2, 0.25) is 10.3 Å². The van der Waals surface area contributed by atoms with Crippen LogP contribution in [0.3, 0.4) is 0 Å². The smallest absolute Gasteiger partial charge is 0.359 e. The van der Waals surface area contributed by atoms with E-state index in [0.29, 0.717) is 5.65 Å². The fraction of sp³-hybridized carbons (Fsp3) is 0.125. The number of imidazole rings is 1. The first-order chi connectivity index (χ1) is 7.15. The zero-order valence-electron chi connectivity index (χ0n) is 7.57. The van der Waals surface area contributed by atoms with Gasteiger partial charge in [-0.25, -0.2) is 14.8 Å². The molecule has 2 heterocycles. The van der Waals surface area contributed by atoms with Crippen LogP contribution in [-0.4, -0.2) is 27.4 Å². The standard InChI is InChI=1S/C8H5Cl2N3O2/c1-15-8(14)4-6(10)13-3-2-11-5(9)7(13)12-4/h2-3H,1H3. The Labute approximate surface area is 94.6 Å². The molecule has 0 atom stereocenters. The van der Waals surface area contributed by atoms with Crippen molar-refractivity contribution in [2.24, 2.45) is 0 Å². The molecule has 0 unspecified atom stereocenters. The second-order valence-electron chi connectivity index (χ2n) is 2.65. The zero-order valence-corrected chi connectivity index (χ0v) is 9.08. The summed E-state index contributed by atoms with van der Waals surface area (Å²) in [7, 11) is 1.25. The number of aromatic nitrogens is 3. The quantitative estimate of drug-likeness (QED) is 0.720. The van der Waals surface area contributed by atoms with Crippen molar-refractivity contribution in [3.05, 3.63) is 28.4 Å². The lowest BCUT2D eigenvalue weighted by Crippen LogP contribution is -2.02.